The largest absolute Gasteiger partial charge is 0.425 e. The van der Waals surface area contributed by atoms with Crippen molar-refractivity contribution in [2.24, 2.45) is 0 Å². The van der Waals surface area contributed by atoms with Gasteiger partial charge in [0.05, 0.1) is 0 Å². The Morgan fingerprint density at radius 2 is 1.77 bits per heavy atom. The molecule has 0 aromatic carbocycles. The third-order valence-corrected chi connectivity index (χ3v) is 8.96. The lowest BCUT2D eigenvalue weighted by Gasteiger charge is -2.19. The molecule has 0 atom stereocenters. The summed E-state index contributed by atoms with van der Waals surface area (Å²) in [4.78, 5) is 0. The smallest absolute Gasteiger partial charge is 0.306 e. The van der Waals surface area contributed by atoms with E-state index in [2.05, 4.69) is 19.1 Å². The fourth-order valence-corrected chi connectivity index (χ4v) is 9.48. The highest BCUT2D eigenvalue weighted by molar-refractivity contribution is 6.60. The summed E-state index contributed by atoms with van der Waals surface area (Å²) in [6.07, 6.45) is 5.38. The average molecular weight is 253 g/mol. The number of rotatable bonds is 3. The first kappa shape index (κ1) is 11.5. The van der Waals surface area contributed by atoms with Gasteiger partial charge in [-0.1, -0.05) is 19.1 Å². The second-order valence-corrected chi connectivity index (χ2v) is 10.6. The van der Waals surface area contributed by atoms with Crippen LogP contribution in [-0.4, -0.2) is 39.3 Å². The zero-order valence-electron chi connectivity index (χ0n) is 7.90. The molecule has 1 aliphatic heterocycles. The van der Waals surface area contributed by atoms with Crippen LogP contribution in [0, 0.1) is 0 Å². The highest BCUT2D eigenvalue weighted by Gasteiger charge is 2.13. The van der Waals surface area contributed by atoms with Crippen molar-refractivity contribution in [3.8, 4) is 0 Å². The van der Waals surface area contributed by atoms with E-state index in [9.17, 15) is 0 Å². The van der Waals surface area contributed by atoms with Crippen LogP contribution in [-0.2, 0) is 16.5 Å². The first-order chi connectivity index (χ1) is 6.43. The molecular formula is C5H16O4Si4. The SMILES string of the molecule is CCC=CC[SiH]1O[SiH2]O[SiH2]O[SiH2]O1. The summed E-state index contributed by atoms with van der Waals surface area (Å²) in [7, 11) is -3.68. The van der Waals surface area contributed by atoms with E-state index >= 15 is 0 Å². The molecule has 4 nitrogen and oxygen atoms in total. The molecule has 0 aliphatic carbocycles. The molecular weight excluding hydrogens is 236 g/mol. The fraction of sp³-hybridized carbons (Fsp3) is 0.600. The number of hydrogen-bond acceptors (Lipinski definition) is 4. The van der Waals surface area contributed by atoms with Crippen LogP contribution in [0.2, 0.25) is 6.04 Å². The molecule has 0 aromatic rings. The Balaban J connectivity index is 2.17. The number of allylic oxidation sites excluding steroid dienone is 2. The van der Waals surface area contributed by atoms with Crippen molar-refractivity contribution in [3.63, 3.8) is 0 Å². The third kappa shape index (κ3) is 5.69. The summed E-state index contributed by atoms with van der Waals surface area (Å²) in [5.74, 6) is 0. The van der Waals surface area contributed by atoms with Crippen molar-refractivity contribution in [1.29, 1.82) is 0 Å². The lowest BCUT2D eigenvalue weighted by Crippen LogP contribution is -2.32. The van der Waals surface area contributed by atoms with Crippen molar-refractivity contribution in [1.82, 2.24) is 0 Å². The second-order valence-electron chi connectivity index (χ2n) is 2.64. The van der Waals surface area contributed by atoms with E-state index in [0.29, 0.717) is 0 Å². The lowest BCUT2D eigenvalue weighted by atomic mass is 10.4. The summed E-state index contributed by atoms with van der Waals surface area (Å²) < 4.78 is 21.8. The Hall–Kier alpha value is 0.448. The van der Waals surface area contributed by atoms with Crippen molar-refractivity contribution >= 4 is 39.3 Å². The van der Waals surface area contributed by atoms with Gasteiger partial charge in [-0.05, 0) is 6.42 Å². The third-order valence-electron chi connectivity index (χ3n) is 1.57. The molecule has 13 heavy (non-hydrogen) atoms. The molecule has 0 radical (unpaired) electrons. The van der Waals surface area contributed by atoms with Gasteiger partial charge in [0, 0.05) is 6.04 Å². The number of hydrogen-bond donors (Lipinski definition) is 0. The van der Waals surface area contributed by atoms with Crippen molar-refractivity contribution < 1.29 is 16.5 Å². The molecule has 0 unspecified atom stereocenters. The Kier molecular flexibility index (Phi) is 6.93. The molecule has 76 valence electrons. The average Bonchev–Trinajstić information content (AvgIpc) is 2.08. The van der Waals surface area contributed by atoms with Gasteiger partial charge >= 0.3 is 9.28 Å². The first-order valence-corrected chi connectivity index (χ1v) is 9.69. The minimum atomic E-state index is -1.42. The molecule has 0 amide bonds. The molecule has 0 saturated carbocycles. The Labute approximate surface area is 87.6 Å². The van der Waals surface area contributed by atoms with E-state index in [0.717, 1.165) is 12.5 Å². The summed E-state index contributed by atoms with van der Waals surface area (Å²) >= 11 is 0. The minimum Gasteiger partial charge on any atom is -0.425 e. The monoisotopic (exact) mass is 252 g/mol. The maximum Gasteiger partial charge on any atom is 0.306 e. The van der Waals surface area contributed by atoms with E-state index in [4.69, 9.17) is 16.5 Å². The zero-order valence-corrected chi connectivity index (χ0v) is 13.3. The molecule has 1 aliphatic rings. The molecule has 1 fully saturated rings. The fourth-order valence-electron chi connectivity index (χ4n) is 0.933. The summed E-state index contributed by atoms with van der Waals surface area (Å²) in [6.45, 7) is 2.12. The van der Waals surface area contributed by atoms with Crippen LogP contribution in [0.1, 0.15) is 13.3 Å². The van der Waals surface area contributed by atoms with E-state index in [1.165, 1.54) is 0 Å². The van der Waals surface area contributed by atoms with Crippen LogP contribution >= 0.6 is 0 Å². The molecule has 0 N–H and O–H groups in total. The van der Waals surface area contributed by atoms with Crippen LogP contribution < -0.4 is 0 Å². The van der Waals surface area contributed by atoms with Crippen molar-refractivity contribution in [3.05, 3.63) is 12.2 Å². The standard InChI is InChI=1S/C5H16O4Si4/c1-2-3-4-5-13-8-11-6-10-7-12-9-13/h3-4,13H,2,5,10-12H2,1H3. The van der Waals surface area contributed by atoms with Gasteiger partial charge in [0.15, 0.2) is 0 Å². The van der Waals surface area contributed by atoms with Crippen molar-refractivity contribution in [2.45, 2.75) is 19.4 Å². The van der Waals surface area contributed by atoms with Crippen LogP contribution in [0.25, 0.3) is 0 Å². The Bertz CT molecular complexity index is 147. The molecule has 1 heterocycles. The molecule has 0 bridgehead atoms. The Morgan fingerprint density at radius 1 is 1.08 bits per heavy atom. The topological polar surface area (TPSA) is 36.9 Å². The van der Waals surface area contributed by atoms with Gasteiger partial charge < -0.3 is 16.5 Å². The summed E-state index contributed by atoms with van der Waals surface area (Å²) in [5, 5.41) is 0. The first-order valence-electron chi connectivity index (χ1n) is 4.47. The van der Waals surface area contributed by atoms with Crippen LogP contribution in [0.15, 0.2) is 12.2 Å². The lowest BCUT2D eigenvalue weighted by molar-refractivity contribution is 0.330. The Morgan fingerprint density at radius 3 is 2.38 bits per heavy atom. The van der Waals surface area contributed by atoms with E-state index in [1.807, 2.05) is 0 Å². The van der Waals surface area contributed by atoms with Gasteiger partial charge in [0.1, 0.15) is 0 Å². The maximum absolute atomic E-state index is 5.60. The quantitative estimate of drug-likeness (QED) is 0.441. The van der Waals surface area contributed by atoms with Gasteiger partial charge in [-0.25, -0.2) is 0 Å². The predicted molar refractivity (Wildman–Crippen MR) is 61.4 cm³/mol. The molecule has 8 heteroatoms. The van der Waals surface area contributed by atoms with Crippen LogP contribution in [0.4, 0.5) is 0 Å². The van der Waals surface area contributed by atoms with Gasteiger partial charge in [0.2, 0.25) is 0 Å². The predicted octanol–water partition coefficient (Wildman–Crippen LogP) is -1.75. The molecule has 0 spiro atoms. The van der Waals surface area contributed by atoms with E-state index < -0.39 is 39.3 Å². The highest BCUT2D eigenvalue weighted by atomic mass is 28.4. The van der Waals surface area contributed by atoms with Gasteiger partial charge in [-0.3, -0.25) is 0 Å². The van der Waals surface area contributed by atoms with Crippen LogP contribution in [0.3, 0.4) is 0 Å². The van der Waals surface area contributed by atoms with E-state index in [-0.39, 0.29) is 0 Å². The molecule has 1 rings (SSSR count). The minimum absolute atomic E-state index is 0.717. The van der Waals surface area contributed by atoms with Crippen molar-refractivity contribution in [2.75, 3.05) is 0 Å². The molecule has 1 saturated heterocycles. The van der Waals surface area contributed by atoms with E-state index in [1.54, 1.807) is 0 Å². The van der Waals surface area contributed by atoms with Crippen LogP contribution in [0.5, 0.6) is 0 Å². The zero-order chi connectivity index (χ0) is 9.36. The highest BCUT2D eigenvalue weighted by Crippen LogP contribution is 2.00. The second kappa shape index (κ2) is 7.81. The van der Waals surface area contributed by atoms with Gasteiger partial charge in [0.25, 0.3) is 30.0 Å². The normalized spacial score (nSPS) is 31.3. The molecule has 0 aromatic heterocycles. The maximum atomic E-state index is 5.60. The van der Waals surface area contributed by atoms with Gasteiger partial charge in [-0.15, -0.1) is 0 Å². The summed E-state index contributed by atoms with van der Waals surface area (Å²) in [5.41, 5.74) is 0. The van der Waals surface area contributed by atoms with Gasteiger partial charge in [-0.2, -0.15) is 0 Å². The summed E-state index contributed by atoms with van der Waals surface area (Å²) in [6, 6.07) is 0.960.